The first-order valence-electron chi connectivity index (χ1n) is 12.4. The lowest BCUT2D eigenvalue weighted by Gasteiger charge is -2.36. The summed E-state index contributed by atoms with van der Waals surface area (Å²) in [5.41, 5.74) is -0.487. The monoisotopic (exact) mass is 475 g/mol. The first-order valence-corrected chi connectivity index (χ1v) is 12.4. The molecule has 0 saturated carbocycles. The summed E-state index contributed by atoms with van der Waals surface area (Å²) in [6.45, 7) is 9.56. The lowest BCUT2D eigenvalue weighted by Crippen LogP contribution is -2.51. The number of esters is 1. The van der Waals surface area contributed by atoms with Crippen molar-refractivity contribution in [1.82, 2.24) is 14.7 Å². The van der Waals surface area contributed by atoms with Crippen molar-refractivity contribution in [2.45, 2.75) is 52.4 Å². The van der Waals surface area contributed by atoms with Gasteiger partial charge >= 0.3 is 12.1 Å². The Labute approximate surface area is 201 Å². The first-order chi connectivity index (χ1) is 16.4. The maximum absolute atomic E-state index is 13.6. The Morgan fingerprint density at radius 1 is 1.06 bits per heavy atom. The molecule has 3 rings (SSSR count). The molecule has 9 heteroatoms. The minimum Gasteiger partial charge on any atom is -0.465 e. The van der Waals surface area contributed by atoms with Gasteiger partial charge in [0.1, 0.15) is 5.41 Å². The number of likely N-dealkylation sites (tertiary alicyclic amines) is 1. The third-order valence-electron chi connectivity index (χ3n) is 7.01. The van der Waals surface area contributed by atoms with Crippen LogP contribution in [0.15, 0.2) is 24.4 Å². The third kappa shape index (κ3) is 4.98. The average Bonchev–Trinajstić information content (AvgIpc) is 3.02. The molecule has 0 N–H and O–H groups in total. The van der Waals surface area contributed by atoms with Crippen LogP contribution >= 0.6 is 0 Å². The normalized spacial score (nSPS) is 26.6. The van der Waals surface area contributed by atoms with Crippen LogP contribution in [-0.4, -0.2) is 84.5 Å². The van der Waals surface area contributed by atoms with E-state index in [4.69, 9.17) is 9.47 Å². The highest BCUT2D eigenvalue weighted by Gasteiger charge is 2.61. The maximum Gasteiger partial charge on any atom is 0.409 e. The van der Waals surface area contributed by atoms with Crippen molar-refractivity contribution in [3.63, 3.8) is 0 Å². The predicted molar refractivity (Wildman–Crippen MR) is 125 cm³/mol. The Kier molecular flexibility index (Phi) is 8.74. The summed E-state index contributed by atoms with van der Waals surface area (Å²) in [7, 11) is 0. The van der Waals surface area contributed by atoms with Crippen LogP contribution in [0.4, 0.5) is 4.79 Å². The number of fused-ring (bicyclic) bond motifs is 1. The summed E-state index contributed by atoms with van der Waals surface area (Å²) >= 11 is 0. The second kappa shape index (κ2) is 11.5. The molecule has 2 atom stereocenters. The first kappa shape index (κ1) is 25.8. The van der Waals surface area contributed by atoms with Gasteiger partial charge in [-0.25, -0.2) is 4.79 Å². The van der Waals surface area contributed by atoms with Gasteiger partial charge in [0.15, 0.2) is 0 Å². The zero-order chi connectivity index (χ0) is 24.7. The van der Waals surface area contributed by atoms with E-state index >= 15 is 0 Å². The summed E-state index contributed by atoms with van der Waals surface area (Å²) < 4.78 is 10.6. The number of rotatable bonds is 7. The Morgan fingerprint density at radius 3 is 2.38 bits per heavy atom. The number of nitrogens with zero attached hydrogens (tertiary/aromatic N) is 3. The second-order valence-electron chi connectivity index (χ2n) is 8.94. The van der Waals surface area contributed by atoms with Crippen molar-refractivity contribution < 1.29 is 28.7 Å². The summed E-state index contributed by atoms with van der Waals surface area (Å²) in [5.74, 6) is -1.65. The van der Waals surface area contributed by atoms with Crippen LogP contribution in [0.1, 0.15) is 52.4 Å². The van der Waals surface area contributed by atoms with E-state index in [1.165, 1.54) is 0 Å². The van der Waals surface area contributed by atoms with Gasteiger partial charge in [-0.3, -0.25) is 14.4 Å². The summed E-state index contributed by atoms with van der Waals surface area (Å²) in [4.78, 5) is 57.3. The van der Waals surface area contributed by atoms with Crippen LogP contribution in [0.5, 0.6) is 0 Å². The fourth-order valence-corrected chi connectivity index (χ4v) is 5.34. The molecule has 2 heterocycles. The lowest BCUT2D eigenvalue weighted by atomic mass is 9.69. The van der Waals surface area contributed by atoms with Gasteiger partial charge in [0.05, 0.1) is 19.1 Å². The molecule has 0 spiro atoms. The highest BCUT2D eigenvalue weighted by atomic mass is 16.6. The molecule has 0 unspecified atom stereocenters. The molecule has 0 radical (unpaired) electrons. The standard InChI is InChI=1S/C25H37N3O6/c1-4-13-28-20-11-9-7-8-10-12-25(20,23(31)33-5-2)19(22(28)30)18-21(29)26-14-16-27(17-15-26)24(32)34-6-3/h4,11,19H,1,5-10,12-18H2,2-3H3/b20-11+/t19-,25-/m1/s1. The van der Waals surface area contributed by atoms with Gasteiger partial charge in [-0.1, -0.05) is 25.0 Å². The van der Waals surface area contributed by atoms with Gasteiger partial charge in [0.25, 0.3) is 0 Å². The quantitative estimate of drug-likeness (QED) is 0.415. The van der Waals surface area contributed by atoms with E-state index in [9.17, 15) is 19.2 Å². The van der Waals surface area contributed by atoms with Crippen molar-refractivity contribution in [3.8, 4) is 0 Å². The molecule has 1 aliphatic carbocycles. The molecule has 0 aromatic heterocycles. The number of amides is 3. The van der Waals surface area contributed by atoms with Crippen molar-refractivity contribution in [2.75, 3.05) is 45.9 Å². The topological polar surface area (TPSA) is 96.5 Å². The number of piperazine rings is 1. The van der Waals surface area contributed by atoms with Crippen LogP contribution in [0, 0.1) is 11.3 Å². The highest BCUT2D eigenvalue weighted by Crippen LogP contribution is 2.52. The van der Waals surface area contributed by atoms with Crippen molar-refractivity contribution in [2.24, 2.45) is 11.3 Å². The van der Waals surface area contributed by atoms with Crippen LogP contribution in [0.25, 0.3) is 0 Å². The molecule has 0 aromatic rings. The molecular weight excluding hydrogens is 438 g/mol. The minimum absolute atomic E-state index is 0.0674. The summed E-state index contributed by atoms with van der Waals surface area (Å²) in [6.07, 6.45) is 7.16. The maximum atomic E-state index is 13.6. The smallest absolute Gasteiger partial charge is 0.409 e. The summed E-state index contributed by atoms with van der Waals surface area (Å²) in [5, 5.41) is 0. The molecule has 0 bridgehead atoms. The van der Waals surface area contributed by atoms with Gasteiger partial charge in [0, 0.05) is 44.8 Å². The third-order valence-corrected chi connectivity index (χ3v) is 7.01. The number of allylic oxidation sites excluding steroid dienone is 1. The van der Waals surface area contributed by atoms with Crippen LogP contribution in [0.3, 0.4) is 0 Å². The molecule has 2 aliphatic heterocycles. The molecule has 0 aromatic carbocycles. The van der Waals surface area contributed by atoms with E-state index < -0.39 is 17.3 Å². The molecule has 2 saturated heterocycles. The second-order valence-corrected chi connectivity index (χ2v) is 8.94. The van der Waals surface area contributed by atoms with Gasteiger partial charge in [-0.05, 0) is 33.1 Å². The van der Waals surface area contributed by atoms with E-state index in [0.717, 1.165) is 25.7 Å². The van der Waals surface area contributed by atoms with E-state index in [2.05, 4.69) is 6.58 Å². The molecule has 188 valence electrons. The Bertz CT molecular complexity index is 833. The number of carbonyl (C=O) groups excluding carboxylic acids is 4. The van der Waals surface area contributed by atoms with Gasteiger partial charge in [-0.15, -0.1) is 6.58 Å². The van der Waals surface area contributed by atoms with E-state index in [0.29, 0.717) is 44.9 Å². The average molecular weight is 476 g/mol. The van der Waals surface area contributed by atoms with Crippen molar-refractivity contribution >= 4 is 23.9 Å². The number of hydrogen-bond acceptors (Lipinski definition) is 6. The van der Waals surface area contributed by atoms with Crippen molar-refractivity contribution in [1.29, 1.82) is 0 Å². The number of hydrogen-bond donors (Lipinski definition) is 0. The fourth-order valence-electron chi connectivity index (χ4n) is 5.34. The van der Waals surface area contributed by atoms with Crippen LogP contribution < -0.4 is 0 Å². The van der Waals surface area contributed by atoms with Crippen LogP contribution in [-0.2, 0) is 23.9 Å². The number of ether oxygens (including phenoxy) is 2. The highest BCUT2D eigenvalue weighted by molar-refractivity contribution is 5.99. The molecule has 2 fully saturated rings. The molecule has 3 amide bonds. The van der Waals surface area contributed by atoms with E-state index in [-0.39, 0.29) is 37.5 Å². The SMILES string of the molecule is C=CCN1C(=O)[C@@H](CC(=O)N2CCN(C(=O)OCC)CC2)[C@]2(C(=O)OCC)CCCCC/C=C/12. The van der Waals surface area contributed by atoms with Gasteiger partial charge < -0.3 is 24.2 Å². The zero-order valence-electron chi connectivity index (χ0n) is 20.4. The number of carbonyl (C=O) groups is 4. The summed E-state index contributed by atoms with van der Waals surface area (Å²) in [6, 6.07) is 0. The van der Waals surface area contributed by atoms with E-state index in [1.54, 1.807) is 34.6 Å². The van der Waals surface area contributed by atoms with Crippen molar-refractivity contribution in [3.05, 3.63) is 24.4 Å². The molecule has 34 heavy (non-hydrogen) atoms. The lowest BCUT2D eigenvalue weighted by molar-refractivity contribution is -0.158. The minimum atomic E-state index is -1.15. The largest absolute Gasteiger partial charge is 0.465 e. The van der Waals surface area contributed by atoms with Gasteiger partial charge in [-0.2, -0.15) is 0 Å². The Morgan fingerprint density at radius 2 is 1.74 bits per heavy atom. The Hall–Kier alpha value is -2.84. The molecule has 9 nitrogen and oxygen atoms in total. The predicted octanol–water partition coefficient (Wildman–Crippen LogP) is 2.72. The fraction of sp³-hybridized carbons (Fsp3) is 0.680. The van der Waals surface area contributed by atoms with E-state index in [1.807, 2.05) is 6.08 Å². The van der Waals surface area contributed by atoms with Gasteiger partial charge in [0.2, 0.25) is 11.8 Å². The molecule has 3 aliphatic rings. The Balaban J connectivity index is 1.85. The van der Waals surface area contributed by atoms with Crippen LogP contribution in [0.2, 0.25) is 0 Å². The zero-order valence-corrected chi connectivity index (χ0v) is 20.4. The molecular formula is C25H37N3O6.